The van der Waals surface area contributed by atoms with Gasteiger partial charge in [0.2, 0.25) is 0 Å². The first kappa shape index (κ1) is 16.5. The van der Waals surface area contributed by atoms with E-state index in [-0.39, 0.29) is 6.03 Å². The smallest absolute Gasteiger partial charge is 0.319 e. The van der Waals surface area contributed by atoms with Crippen LogP contribution in [0, 0.1) is 0 Å². The lowest BCUT2D eigenvalue weighted by Gasteiger charge is -2.11. The molecule has 0 heterocycles. The Kier molecular flexibility index (Phi) is 5.98. The third-order valence-electron chi connectivity index (χ3n) is 2.97. The van der Waals surface area contributed by atoms with Gasteiger partial charge in [0.05, 0.1) is 5.75 Å². The molecule has 2 aromatic carbocycles. The molecule has 2 N–H and O–H groups in total. The molecule has 1 atom stereocenters. The van der Waals surface area contributed by atoms with E-state index < -0.39 is 10.8 Å². The summed E-state index contributed by atoms with van der Waals surface area (Å²) in [6, 6.07) is 14.3. The van der Waals surface area contributed by atoms with Gasteiger partial charge in [0, 0.05) is 34.3 Å². The molecule has 2 rings (SSSR count). The number of halogens is 1. The molecule has 0 fully saturated rings. The Morgan fingerprint density at radius 1 is 1.18 bits per heavy atom. The van der Waals surface area contributed by atoms with E-state index in [1.807, 2.05) is 30.3 Å². The molecule has 0 saturated heterocycles. The predicted octanol–water partition coefficient (Wildman–Crippen LogP) is 3.54. The Morgan fingerprint density at radius 3 is 2.68 bits per heavy atom. The van der Waals surface area contributed by atoms with Crippen molar-refractivity contribution in [2.45, 2.75) is 12.3 Å². The highest BCUT2D eigenvalue weighted by atomic mass is 35.5. The van der Waals surface area contributed by atoms with Crippen molar-refractivity contribution in [3.63, 3.8) is 0 Å². The second-order valence-electron chi connectivity index (χ2n) is 4.81. The third-order valence-corrected chi connectivity index (χ3v) is 3.92. The molecule has 4 nitrogen and oxygen atoms in total. The molecular weight excluding hydrogens is 320 g/mol. The van der Waals surface area contributed by atoms with Gasteiger partial charge in [0.1, 0.15) is 0 Å². The second kappa shape index (κ2) is 7.96. The number of carbonyl (C=O) groups is 1. The van der Waals surface area contributed by atoms with Crippen LogP contribution in [0.2, 0.25) is 5.02 Å². The van der Waals surface area contributed by atoms with Crippen molar-refractivity contribution in [3.8, 4) is 0 Å². The van der Waals surface area contributed by atoms with Crippen LogP contribution in [0.15, 0.2) is 48.5 Å². The Morgan fingerprint density at radius 2 is 1.95 bits per heavy atom. The first-order valence-corrected chi connectivity index (χ1v) is 8.82. The molecule has 2 amide bonds. The van der Waals surface area contributed by atoms with Gasteiger partial charge in [-0.15, -0.1) is 0 Å². The maximum atomic E-state index is 12.0. The van der Waals surface area contributed by atoms with E-state index in [1.54, 1.807) is 24.5 Å². The molecule has 0 aliphatic rings. The molecule has 0 unspecified atom stereocenters. The lowest BCUT2D eigenvalue weighted by Crippen LogP contribution is -2.28. The fourth-order valence-corrected chi connectivity index (χ4v) is 2.89. The van der Waals surface area contributed by atoms with Crippen LogP contribution in [0.3, 0.4) is 0 Å². The molecule has 22 heavy (non-hydrogen) atoms. The van der Waals surface area contributed by atoms with E-state index in [2.05, 4.69) is 10.6 Å². The summed E-state index contributed by atoms with van der Waals surface area (Å²) in [5.41, 5.74) is 2.44. The number of carbonyl (C=O) groups excluding carboxylic acids is 1. The average Bonchev–Trinajstić information content (AvgIpc) is 2.47. The van der Waals surface area contributed by atoms with Crippen LogP contribution < -0.4 is 10.6 Å². The zero-order chi connectivity index (χ0) is 15.9. The van der Waals surface area contributed by atoms with Crippen molar-refractivity contribution < 1.29 is 9.00 Å². The lowest BCUT2D eigenvalue weighted by molar-refractivity contribution is 0.251. The monoisotopic (exact) mass is 336 g/mol. The Balaban J connectivity index is 1.96. The fraction of sp³-hybridized carbons (Fsp3) is 0.188. The van der Waals surface area contributed by atoms with Gasteiger partial charge in [0.15, 0.2) is 0 Å². The van der Waals surface area contributed by atoms with Gasteiger partial charge in [-0.25, -0.2) is 4.79 Å². The minimum Gasteiger partial charge on any atom is -0.334 e. The summed E-state index contributed by atoms with van der Waals surface area (Å²) in [6.07, 6.45) is 1.63. The predicted molar refractivity (Wildman–Crippen MR) is 91.5 cm³/mol. The van der Waals surface area contributed by atoms with Crippen LogP contribution >= 0.6 is 11.6 Å². The van der Waals surface area contributed by atoms with Gasteiger partial charge in [0.25, 0.3) is 0 Å². The average molecular weight is 337 g/mol. The number of rotatable bonds is 5. The van der Waals surface area contributed by atoms with Crippen LogP contribution in [0.1, 0.15) is 11.1 Å². The normalized spacial score (nSPS) is 11.7. The van der Waals surface area contributed by atoms with Gasteiger partial charge in [-0.05, 0) is 29.3 Å². The van der Waals surface area contributed by atoms with Crippen LogP contribution in [-0.4, -0.2) is 16.5 Å². The van der Waals surface area contributed by atoms with Crippen LogP contribution in [0.4, 0.5) is 10.5 Å². The molecule has 0 radical (unpaired) electrons. The van der Waals surface area contributed by atoms with E-state index in [1.165, 1.54) is 0 Å². The van der Waals surface area contributed by atoms with Crippen molar-refractivity contribution in [2.75, 3.05) is 11.6 Å². The Labute approximate surface area is 137 Å². The summed E-state index contributed by atoms with van der Waals surface area (Å²) in [5.74, 6) is 0.407. The number of urea groups is 1. The number of hydrogen-bond donors (Lipinski definition) is 2. The van der Waals surface area contributed by atoms with E-state index in [0.29, 0.717) is 23.0 Å². The van der Waals surface area contributed by atoms with Crippen molar-refractivity contribution >= 4 is 34.1 Å². The Hall–Kier alpha value is -1.85. The summed E-state index contributed by atoms with van der Waals surface area (Å²) in [6.45, 7) is 0.383. The zero-order valence-corrected chi connectivity index (χ0v) is 13.7. The number of para-hydroxylation sites is 1. The largest absolute Gasteiger partial charge is 0.334 e. The molecule has 0 spiro atoms. The first-order chi connectivity index (χ1) is 10.5. The van der Waals surface area contributed by atoms with Crippen LogP contribution in [-0.2, 0) is 23.1 Å². The molecular formula is C16H17ClN2O2S. The number of hydrogen-bond acceptors (Lipinski definition) is 2. The molecule has 0 saturated carbocycles. The van der Waals surface area contributed by atoms with Crippen molar-refractivity contribution in [2.24, 2.45) is 0 Å². The molecule has 6 heteroatoms. The van der Waals surface area contributed by atoms with Gasteiger partial charge in [-0.2, -0.15) is 0 Å². The Bertz CT molecular complexity index is 691. The molecule has 2 aromatic rings. The highest BCUT2D eigenvalue weighted by molar-refractivity contribution is 7.83. The van der Waals surface area contributed by atoms with Gasteiger partial charge < -0.3 is 10.6 Å². The summed E-state index contributed by atoms with van der Waals surface area (Å²) >= 11 is 5.90. The summed E-state index contributed by atoms with van der Waals surface area (Å²) < 4.78 is 11.4. The van der Waals surface area contributed by atoms with Crippen molar-refractivity contribution in [1.82, 2.24) is 5.32 Å². The standard InChI is InChI=1S/C16H17ClN2O2S/c1-22(21)11-13-6-2-3-8-15(13)19-16(20)18-10-12-5-4-7-14(17)9-12/h2-9H,10-11H2,1H3,(H2,18,19,20)/t22-/m1/s1. The summed E-state index contributed by atoms with van der Waals surface area (Å²) in [5, 5.41) is 6.19. The van der Waals surface area contributed by atoms with Crippen LogP contribution in [0.25, 0.3) is 0 Å². The summed E-state index contributed by atoms with van der Waals surface area (Å²) in [7, 11) is -0.964. The van der Waals surface area contributed by atoms with E-state index >= 15 is 0 Å². The minimum atomic E-state index is -0.964. The SMILES string of the molecule is C[S@@](=O)Cc1ccccc1NC(=O)NCc1cccc(Cl)c1. The quantitative estimate of drug-likeness (QED) is 0.877. The third kappa shape index (κ3) is 5.16. The maximum Gasteiger partial charge on any atom is 0.319 e. The molecule has 0 aliphatic heterocycles. The lowest BCUT2D eigenvalue weighted by atomic mass is 10.2. The fourth-order valence-electron chi connectivity index (χ4n) is 1.98. The molecule has 116 valence electrons. The summed E-state index contributed by atoms with van der Waals surface area (Å²) in [4.78, 5) is 12.0. The number of nitrogens with one attached hydrogen (secondary N) is 2. The number of anilines is 1. The maximum absolute atomic E-state index is 12.0. The highest BCUT2D eigenvalue weighted by Crippen LogP contribution is 2.16. The van der Waals surface area contributed by atoms with E-state index in [9.17, 15) is 9.00 Å². The van der Waals surface area contributed by atoms with E-state index in [4.69, 9.17) is 11.6 Å². The second-order valence-corrected chi connectivity index (χ2v) is 6.68. The zero-order valence-electron chi connectivity index (χ0n) is 12.1. The number of benzene rings is 2. The molecule has 0 aromatic heterocycles. The highest BCUT2D eigenvalue weighted by Gasteiger charge is 2.07. The van der Waals surface area contributed by atoms with Gasteiger partial charge in [-0.3, -0.25) is 4.21 Å². The van der Waals surface area contributed by atoms with E-state index in [0.717, 1.165) is 11.1 Å². The molecule has 0 aliphatic carbocycles. The first-order valence-electron chi connectivity index (χ1n) is 6.72. The van der Waals surface area contributed by atoms with Crippen molar-refractivity contribution in [3.05, 3.63) is 64.7 Å². The minimum absolute atomic E-state index is 0.311. The van der Waals surface area contributed by atoms with Gasteiger partial charge in [-0.1, -0.05) is 41.9 Å². The van der Waals surface area contributed by atoms with Crippen LogP contribution in [0.5, 0.6) is 0 Å². The van der Waals surface area contributed by atoms with Crippen molar-refractivity contribution in [1.29, 1.82) is 0 Å². The van der Waals surface area contributed by atoms with Gasteiger partial charge >= 0.3 is 6.03 Å². The topological polar surface area (TPSA) is 58.2 Å². The number of amides is 2. The molecule has 0 bridgehead atoms.